The fourth-order valence-electron chi connectivity index (χ4n) is 3.71. The van der Waals surface area contributed by atoms with Gasteiger partial charge in [0.15, 0.2) is 11.7 Å². The molecule has 2 aliphatic rings. The highest BCUT2D eigenvalue weighted by atomic mass is 32.1. The zero-order valence-corrected chi connectivity index (χ0v) is 17.3. The maximum Gasteiger partial charge on any atom is 0.264 e. The number of fused-ring (bicyclic) bond motifs is 1. The molecule has 0 atom stereocenters. The number of anilines is 2. The summed E-state index contributed by atoms with van der Waals surface area (Å²) in [6.07, 6.45) is 4.42. The molecule has 0 aliphatic carbocycles. The summed E-state index contributed by atoms with van der Waals surface area (Å²) in [5.41, 5.74) is 1.89. The molecule has 1 saturated heterocycles. The first-order chi connectivity index (χ1) is 14.0. The molecule has 0 spiro atoms. The van der Waals surface area contributed by atoms with Gasteiger partial charge < -0.3 is 14.4 Å². The number of nitriles is 1. The minimum absolute atomic E-state index is 0.208. The van der Waals surface area contributed by atoms with Gasteiger partial charge in [-0.15, -0.1) is 11.3 Å². The van der Waals surface area contributed by atoms with Gasteiger partial charge in [-0.2, -0.15) is 10.2 Å². The van der Waals surface area contributed by atoms with Crippen LogP contribution in [0.4, 0.5) is 10.9 Å². The molecule has 1 amide bonds. The highest BCUT2D eigenvalue weighted by Gasteiger charge is 2.34. The Kier molecular flexibility index (Phi) is 5.39. The summed E-state index contributed by atoms with van der Waals surface area (Å²) < 4.78 is 11.7. The molecule has 2 aliphatic heterocycles. The maximum atomic E-state index is 12.2. The average molecular weight is 414 g/mol. The van der Waals surface area contributed by atoms with E-state index >= 15 is 0 Å². The van der Waals surface area contributed by atoms with Gasteiger partial charge in [0.05, 0.1) is 12.2 Å². The normalized spacial score (nSPS) is 17.5. The van der Waals surface area contributed by atoms with E-state index in [0.717, 1.165) is 42.9 Å². The third kappa shape index (κ3) is 4.18. The topological polar surface area (TPSA) is 100 Å². The van der Waals surface area contributed by atoms with E-state index in [4.69, 9.17) is 9.47 Å². The lowest BCUT2D eigenvalue weighted by Crippen LogP contribution is -2.34. The fraction of sp³-hybridized carbons (Fsp3) is 0.500. The zero-order chi connectivity index (χ0) is 20.4. The van der Waals surface area contributed by atoms with Crippen LogP contribution in [0, 0.1) is 11.3 Å². The molecule has 0 bridgehead atoms. The largest absolute Gasteiger partial charge is 0.467 e. The molecule has 0 aromatic carbocycles. The van der Waals surface area contributed by atoms with Gasteiger partial charge in [0, 0.05) is 36.7 Å². The van der Waals surface area contributed by atoms with Crippen LogP contribution in [0.25, 0.3) is 0 Å². The Morgan fingerprint density at radius 2 is 2.21 bits per heavy atom. The van der Waals surface area contributed by atoms with E-state index in [0.29, 0.717) is 23.7 Å². The number of thiazole rings is 1. The summed E-state index contributed by atoms with van der Waals surface area (Å²) in [6, 6.07) is 2.25. The molecule has 0 saturated carbocycles. The van der Waals surface area contributed by atoms with Crippen molar-refractivity contribution in [1.82, 2.24) is 9.97 Å². The van der Waals surface area contributed by atoms with E-state index in [1.807, 2.05) is 13.8 Å². The Bertz CT molecular complexity index is 946. The molecular formula is C20H23N5O3S. The quantitative estimate of drug-likeness (QED) is 0.804. The van der Waals surface area contributed by atoms with E-state index in [1.54, 1.807) is 11.6 Å². The smallest absolute Gasteiger partial charge is 0.264 e. The minimum atomic E-state index is -0.373. The van der Waals surface area contributed by atoms with Crippen LogP contribution in [0.1, 0.15) is 43.4 Å². The lowest BCUT2D eigenvalue weighted by Gasteiger charge is -2.35. The van der Waals surface area contributed by atoms with Gasteiger partial charge in [0.1, 0.15) is 17.5 Å². The molecule has 9 heteroatoms. The lowest BCUT2D eigenvalue weighted by atomic mass is 9.89. The Hall–Kier alpha value is -2.70. The van der Waals surface area contributed by atoms with Gasteiger partial charge in [-0.3, -0.25) is 10.1 Å². The lowest BCUT2D eigenvalue weighted by molar-refractivity contribution is -0.118. The SMILES string of the molecule is CC1(C)Cc2c(C#N)c(OCC(=O)Nc3nccs3)nc(N3CCCC3)c2CO1. The second kappa shape index (κ2) is 7.97. The summed E-state index contributed by atoms with van der Waals surface area (Å²) in [4.78, 5) is 23.1. The standard InChI is InChI=1S/C20H23N5O3S/c1-20(2)9-13-14(10-21)18(27-12-16(26)23-19-22-5-8-29-19)24-17(15(13)11-28-20)25-6-3-4-7-25/h5,8H,3-4,6-7,9,11-12H2,1-2H3,(H,22,23,26). The molecule has 1 N–H and O–H groups in total. The second-order valence-electron chi connectivity index (χ2n) is 7.78. The van der Waals surface area contributed by atoms with Crippen LogP contribution in [0.15, 0.2) is 11.6 Å². The molecule has 4 heterocycles. The molecule has 2 aromatic heterocycles. The van der Waals surface area contributed by atoms with E-state index in [2.05, 4.69) is 26.3 Å². The summed E-state index contributed by atoms with van der Waals surface area (Å²) in [7, 11) is 0. The van der Waals surface area contributed by atoms with Gasteiger partial charge in [0.25, 0.3) is 5.91 Å². The number of carbonyl (C=O) groups excluding carboxylic acids is 1. The number of nitrogens with zero attached hydrogens (tertiary/aromatic N) is 4. The number of hydrogen-bond acceptors (Lipinski definition) is 8. The van der Waals surface area contributed by atoms with E-state index in [1.165, 1.54) is 11.3 Å². The third-order valence-corrected chi connectivity index (χ3v) is 5.79. The van der Waals surface area contributed by atoms with E-state index in [9.17, 15) is 10.1 Å². The molecule has 1 fully saturated rings. The van der Waals surface area contributed by atoms with Crippen LogP contribution in [0.2, 0.25) is 0 Å². The van der Waals surface area contributed by atoms with Gasteiger partial charge >= 0.3 is 0 Å². The number of pyridine rings is 1. The number of amides is 1. The summed E-state index contributed by atoms with van der Waals surface area (Å²) in [6.45, 7) is 6.03. The summed E-state index contributed by atoms with van der Waals surface area (Å²) in [5.74, 6) is 0.678. The first-order valence-electron chi connectivity index (χ1n) is 9.64. The van der Waals surface area contributed by atoms with Crippen molar-refractivity contribution < 1.29 is 14.3 Å². The first kappa shape index (κ1) is 19.6. The van der Waals surface area contributed by atoms with Crippen molar-refractivity contribution in [2.75, 3.05) is 29.9 Å². The number of nitrogens with one attached hydrogen (secondary N) is 1. The van der Waals surface area contributed by atoms with Crippen LogP contribution < -0.4 is 15.0 Å². The predicted molar refractivity (Wildman–Crippen MR) is 109 cm³/mol. The Balaban J connectivity index is 1.64. The van der Waals surface area contributed by atoms with Crippen LogP contribution in [0.5, 0.6) is 5.88 Å². The van der Waals surface area contributed by atoms with E-state index < -0.39 is 0 Å². The van der Waals surface area contributed by atoms with Gasteiger partial charge in [-0.25, -0.2) is 4.98 Å². The average Bonchev–Trinajstić information content (AvgIpc) is 3.38. The first-order valence-corrected chi connectivity index (χ1v) is 10.5. The van der Waals surface area contributed by atoms with Gasteiger partial charge in [-0.05, 0) is 32.3 Å². The van der Waals surface area contributed by atoms with Crippen molar-refractivity contribution in [2.45, 2.75) is 45.3 Å². The molecule has 2 aromatic rings. The summed E-state index contributed by atoms with van der Waals surface area (Å²) >= 11 is 1.33. The monoisotopic (exact) mass is 413 g/mol. The molecule has 8 nitrogen and oxygen atoms in total. The van der Waals surface area contributed by atoms with Crippen molar-refractivity contribution in [3.8, 4) is 11.9 Å². The van der Waals surface area contributed by atoms with Crippen LogP contribution in [-0.4, -0.2) is 41.2 Å². The minimum Gasteiger partial charge on any atom is -0.467 e. The third-order valence-electron chi connectivity index (χ3n) is 5.10. The highest BCUT2D eigenvalue weighted by molar-refractivity contribution is 7.13. The molecule has 29 heavy (non-hydrogen) atoms. The molecular weight excluding hydrogens is 390 g/mol. The van der Waals surface area contributed by atoms with Crippen molar-refractivity contribution in [1.29, 1.82) is 5.26 Å². The molecule has 4 rings (SSSR count). The Morgan fingerprint density at radius 1 is 1.41 bits per heavy atom. The molecule has 0 radical (unpaired) electrons. The predicted octanol–water partition coefficient (Wildman–Crippen LogP) is 2.88. The van der Waals surface area contributed by atoms with Gasteiger partial charge in [0.2, 0.25) is 5.88 Å². The van der Waals surface area contributed by atoms with Crippen LogP contribution >= 0.6 is 11.3 Å². The summed E-state index contributed by atoms with van der Waals surface area (Å²) in [5, 5.41) is 14.8. The van der Waals surface area contributed by atoms with Crippen LogP contribution in [-0.2, 0) is 22.6 Å². The number of hydrogen-bond donors (Lipinski definition) is 1. The Morgan fingerprint density at radius 3 is 2.90 bits per heavy atom. The second-order valence-corrected chi connectivity index (χ2v) is 8.67. The zero-order valence-electron chi connectivity index (χ0n) is 16.5. The van der Waals surface area contributed by atoms with Gasteiger partial charge in [-0.1, -0.05) is 0 Å². The number of ether oxygens (including phenoxy) is 2. The highest BCUT2D eigenvalue weighted by Crippen LogP contribution is 2.39. The fourth-order valence-corrected chi connectivity index (χ4v) is 4.26. The number of rotatable bonds is 5. The van der Waals surface area contributed by atoms with Crippen LogP contribution in [0.3, 0.4) is 0 Å². The number of aromatic nitrogens is 2. The van der Waals surface area contributed by atoms with Crippen molar-refractivity contribution in [3.63, 3.8) is 0 Å². The molecule has 152 valence electrons. The Labute approximate surface area is 173 Å². The van der Waals surface area contributed by atoms with Crippen molar-refractivity contribution in [2.24, 2.45) is 0 Å². The number of carbonyl (C=O) groups is 1. The van der Waals surface area contributed by atoms with Crippen molar-refractivity contribution >= 4 is 28.2 Å². The maximum absolute atomic E-state index is 12.2. The molecule has 0 unspecified atom stereocenters. The van der Waals surface area contributed by atoms with Crippen molar-refractivity contribution in [3.05, 3.63) is 28.3 Å². The van der Waals surface area contributed by atoms with E-state index in [-0.39, 0.29) is 24.0 Å².